The second-order valence-electron chi connectivity index (χ2n) is 9.79. The normalized spacial score (nSPS) is 14.6. The summed E-state index contributed by atoms with van der Waals surface area (Å²) in [5, 5.41) is 18.1. The lowest BCUT2D eigenvalue weighted by Gasteiger charge is -2.20. The van der Waals surface area contributed by atoms with Crippen LogP contribution in [0.1, 0.15) is 123 Å². The number of phosphoric ester groups is 1. The zero-order chi connectivity index (χ0) is 28.5. The highest BCUT2D eigenvalue weighted by Crippen LogP contribution is 2.43. The van der Waals surface area contributed by atoms with Crippen molar-refractivity contribution in [3.05, 3.63) is 0 Å². The highest BCUT2D eigenvalue weighted by atomic mass is 31.2. The molecule has 0 amide bonds. The average Bonchev–Trinajstić information content (AvgIpc) is 2.90. The third kappa shape index (κ3) is 24.0. The van der Waals surface area contributed by atoms with Crippen molar-refractivity contribution >= 4 is 19.8 Å². The fourth-order valence-electron chi connectivity index (χ4n) is 3.70. The highest BCUT2D eigenvalue weighted by molar-refractivity contribution is 7.47. The molecule has 0 bridgehead atoms. The molecule has 0 aromatic carbocycles. The maximum atomic E-state index is 12.3. The molecule has 0 aliphatic heterocycles. The second kappa shape index (κ2) is 25.0. The van der Waals surface area contributed by atoms with Gasteiger partial charge in [0.25, 0.3) is 0 Å². The summed E-state index contributed by atoms with van der Waals surface area (Å²) in [5.74, 6) is -0.945. The molecule has 11 heteroatoms. The van der Waals surface area contributed by atoms with Gasteiger partial charge in [0, 0.05) is 12.8 Å². The molecule has 0 aromatic heterocycles. The number of esters is 2. The topological polar surface area (TPSA) is 149 Å². The first-order valence-electron chi connectivity index (χ1n) is 14.5. The molecule has 3 atom stereocenters. The molecule has 10 nitrogen and oxygen atoms in total. The van der Waals surface area contributed by atoms with Crippen LogP contribution in [0.15, 0.2) is 0 Å². The summed E-state index contributed by atoms with van der Waals surface area (Å²) in [4.78, 5) is 34.1. The Balaban J connectivity index is 4.42. The van der Waals surface area contributed by atoms with Crippen molar-refractivity contribution < 1.29 is 47.8 Å². The van der Waals surface area contributed by atoms with Gasteiger partial charge in [-0.05, 0) is 12.8 Å². The lowest BCUT2D eigenvalue weighted by atomic mass is 10.1. The molecule has 3 unspecified atom stereocenters. The summed E-state index contributed by atoms with van der Waals surface area (Å²) >= 11 is 0. The lowest BCUT2D eigenvalue weighted by Crippen LogP contribution is -2.29. The first kappa shape index (κ1) is 37.0. The van der Waals surface area contributed by atoms with E-state index < -0.39 is 51.8 Å². The molecule has 0 saturated carbocycles. The Morgan fingerprint density at radius 2 is 1.13 bits per heavy atom. The quantitative estimate of drug-likeness (QED) is 0.0649. The van der Waals surface area contributed by atoms with Crippen LogP contribution < -0.4 is 0 Å². The standard InChI is InChI=1S/C27H53O10P/c1-3-5-7-9-10-11-12-13-14-15-17-19-27(31)37-25(22-34-26(30)18-16-8-6-4-2)23-36-38(32,33)35-21-24(29)20-28/h24-25,28-29H,3-23H2,1-2H3,(H,32,33). The molecular weight excluding hydrogens is 515 g/mol. The number of rotatable bonds is 27. The van der Waals surface area contributed by atoms with Gasteiger partial charge in [0.15, 0.2) is 6.10 Å². The number of hydrogen-bond acceptors (Lipinski definition) is 9. The van der Waals surface area contributed by atoms with Crippen molar-refractivity contribution in [3.8, 4) is 0 Å². The molecule has 0 spiro atoms. The van der Waals surface area contributed by atoms with Crippen LogP contribution in [0.5, 0.6) is 0 Å². The van der Waals surface area contributed by atoms with Crippen LogP contribution in [0.2, 0.25) is 0 Å². The van der Waals surface area contributed by atoms with Gasteiger partial charge in [-0.2, -0.15) is 0 Å². The Labute approximate surface area is 229 Å². The molecule has 38 heavy (non-hydrogen) atoms. The summed E-state index contributed by atoms with van der Waals surface area (Å²) in [6.45, 7) is 2.19. The SMILES string of the molecule is CCCCCCCCCCCCCC(=O)OC(COC(=O)CCCCCC)COP(=O)(O)OCC(O)CO. The van der Waals surface area contributed by atoms with Crippen LogP contribution in [0, 0.1) is 0 Å². The van der Waals surface area contributed by atoms with Gasteiger partial charge in [0.1, 0.15) is 12.7 Å². The Bertz CT molecular complexity index is 631. The lowest BCUT2D eigenvalue weighted by molar-refractivity contribution is -0.161. The van der Waals surface area contributed by atoms with Gasteiger partial charge in [-0.25, -0.2) is 4.57 Å². The van der Waals surface area contributed by atoms with Gasteiger partial charge in [0.05, 0.1) is 19.8 Å². The van der Waals surface area contributed by atoms with Gasteiger partial charge < -0.3 is 24.6 Å². The first-order valence-corrected chi connectivity index (χ1v) is 16.0. The van der Waals surface area contributed by atoms with Crippen molar-refractivity contribution in [3.63, 3.8) is 0 Å². The van der Waals surface area contributed by atoms with Crippen molar-refractivity contribution in [2.75, 3.05) is 26.4 Å². The third-order valence-corrected chi connectivity index (χ3v) is 6.96. The van der Waals surface area contributed by atoms with E-state index in [4.69, 9.17) is 19.1 Å². The van der Waals surface area contributed by atoms with E-state index in [1.165, 1.54) is 44.9 Å². The van der Waals surface area contributed by atoms with Crippen LogP contribution in [-0.4, -0.2) is 65.7 Å². The van der Waals surface area contributed by atoms with Crippen molar-refractivity contribution in [2.24, 2.45) is 0 Å². The summed E-state index contributed by atoms with van der Waals surface area (Å²) in [6, 6.07) is 0. The number of unbranched alkanes of at least 4 members (excludes halogenated alkanes) is 13. The average molecular weight is 569 g/mol. The number of phosphoric acid groups is 1. The zero-order valence-electron chi connectivity index (χ0n) is 23.7. The fourth-order valence-corrected chi connectivity index (χ4v) is 4.49. The number of aliphatic hydroxyl groups excluding tert-OH is 2. The predicted molar refractivity (Wildman–Crippen MR) is 145 cm³/mol. The molecule has 0 rings (SSSR count). The van der Waals surface area contributed by atoms with Gasteiger partial charge in [-0.1, -0.05) is 97.3 Å². The van der Waals surface area contributed by atoms with Crippen molar-refractivity contribution in [2.45, 2.75) is 135 Å². The summed E-state index contributed by atoms with van der Waals surface area (Å²) in [6.07, 6.45) is 14.4. The van der Waals surface area contributed by atoms with Gasteiger partial charge in [-0.15, -0.1) is 0 Å². The van der Waals surface area contributed by atoms with Crippen LogP contribution in [0.3, 0.4) is 0 Å². The van der Waals surface area contributed by atoms with Crippen LogP contribution in [0.4, 0.5) is 0 Å². The van der Waals surface area contributed by atoms with Crippen LogP contribution in [-0.2, 0) is 32.7 Å². The van der Waals surface area contributed by atoms with Crippen LogP contribution in [0.25, 0.3) is 0 Å². The number of hydrogen-bond donors (Lipinski definition) is 3. The largest absolute Gasteiger partial charge is 0.472 e. The molecule has 0 aliphatic rings. The summed E-state index contributed by atoms with van der Waals surface area (Å²) in [5.41, 5.74) is 0. The molecular formula is C27H53O10P. The second-order valence-corrected chi connectivity index (χ2v) is 11.2. The van der Waals surface area contributed by atoms with Gasteiger partial charge >= 0.3 is 19.8 Å². The van der Waals surface area contributed by atoms with E-state index in [9.17, 15) is 24.2 Å². The number of ether oxygens (including phenoxy) is 2. The van der Waals surface area contributed by atoms with Gasteiger partial charge in [0.2, 0.25) is 0 Å². The smallest absolute Gasteiger partial charge is 0.462 e. The summed E-state index contributed by atoms with van der Waals surface area (Å²) < 4.78 is 32.1. The highest BCUT2D eigenvalue weighted by Gasteiger charge is 2.27. The van der Waals surface area contributed by atoms with E-state index in [1.54, 1.807) is 0 Å². The third-order valence-electron chi connectivity index (χ3n) is 6.01. The monoisotopic (exact) mass is 568 g/mol. The molecule has 0 saturated heterocycles. The minimum atomic E-state index is -4.58. The first-order chi connectivity index (χ1) is 18.2. The van der Waals surface area contributed by atoms with E-state index in [-0.39, 0.29) is 19.4 Å². The molecule has 0 radical (unpaired) electrons. The molecule has 0 heterocycles. The molecule has 3 N–H and O–H groups in total. The summed E-state index contributed by atoms with van der Waals surface area (Å²) in [7, 11) is -4.58. The Hall–Kier alpha value is -1.03. The van der Waals surface area contributed by atoms with E-state index in [2.05, 4.69) is 18.4 Å². The molecule has 0 fully saturated rings. The van der Waals surface area contributed by atoms with Crippen LogP contribution >= 0.6 is 7.82 Å². The number of carbonyl (C=O) groups excluding carboxylic acids is 2. The Morgan fingerprint density at radius 1 is 0.684 bits per heavy atom. The van der Waals surface area contributed by atoms with E-state index >= 15 is 0 Å². The van der Waals surface area contributed by atoms with E-state index in [1.807, 2.05) is 0 Å². The molecule has 0 aliphatic carbocycles. The predicted octanol–water partition coefficient (Wildman–Crippen LogP) is 5.60. The van der Waals surface area contributed by atoms with Crippen molar-refractivity contribution in [1.82, 2.24) is 0 Å². The molecule has 226 valence electrons. The maximum Gasteiger partial charge on any atom is 0.472 e. The Morgan fingerprint density at radius 3 is 1.66 bits per heavy atom. The minimum Gasteiger partial charge on any atom is -0.462 e. The number of aliphatic hydroxyl groups is 2. The Kier molecular flexibility index (Phi) is 24.3. The maximum absolute atomic E-state index is 12.3. The van der Waals surface area contributed by atoms with Gasteiger partial charge in [-0.3, -0.25) is 18.6 Å². The fraction of sp³-hybridized carbons (Fsp3) is 0.926. The minimum absolute atomic E-state index is 0.189. The van der Waals surface area contributed by atoms with E-state index in [0.717, 1.165) is 38.5 Å². The van der Waals surface area contributed by atoms with Crippen molar-refractivity contribution in [1.29, 1.82) is 0 Å². The number of carbonyl (C=O) groups is 2. The zero-order valence-corrected chi connectivity index (χ0v) is 24.5. The van der Waals surface area contributed by atoms with E-state index in [0.29, 0.717) is 12.8 Å². The molecule has 0 aromatic rings.